The number of piperazine rings is 1. The lowest BCUT2D eigenvalue weighted by molar-refractivity contribution is -0.129. The molecular formula is C24H28N4O3S. The molecule has 3 rings (SSSR count). The van der Waals surface area contributed by atoms with Gasteiger partial charge in [-0.2, -0.15) is 9.57 Å². The minimum absolute atomic E-state index is 0.0500. The van der Waals surface area contributed by atoms with Crippen LogP contribution in [0.25, 0.3) is 0 Å². The van der Waals surface area contributed by atoms with Crippen LogP contribution in [0.3, 0.4) is 0 Å². The quantitative estimate of drug-likeness (QED) is 0.476. The molecule has 0 spiro atoms. The fraction of sp³-hybridized carbons (Fsp3) is 0.333. The van der Waals surface area contributed by atoms with Gasteiger partial charge in [-0.25, -0.2) is 8.42 Å². The van der Waals surface area contributed by atoms with Crippen LogP contribution in [0.15, 0.2) is 77.3 Å². The van der Waals surface area contributed by atoms with Crippen molar-refractivity contribution in [1.29, 1.82) is 5.26 Å². The predicted octanol–water partition coefficient (Wildman–Crippen LogP) is 2.84. The lowest BCUT2D eigenvalue weighted by atomic mass is 10.1. The summed E-state index contributed by atoms with van der Waals surface area (Å²) in [7, 11) is -3.55. The van der Waals surface area contributed by atoms with E-state index in [4.69, 9.17) is 0 Å². The Morgan fingerprint density at radius 2 is 1.59 bits per heavy atom. The zero-order chi connectivity index (χ0) is 23.1. The van der Waals surface area contributed by atoms with Gasteiger partial charge in [0.1, 0.15) is 11.6 Å². The summed E-state index contributed by atoms with van der Waals surface area (Å²) in [6, 6.07) is 20.0. The second-order valence-corrected chi connectivity index (χ2v) is 9.86. The van der Waals surface area contributed by atoms with Crippen LogP contribution in [0, 0.1) is 11.3 Å². The summed E-state index contributed by atoms with van der Waals surface area (Å²) in [6.45, 7) is 5.65. The summed E-state index contributed by atoms with van der Waals surface area (Å²) in [6.07, 6.45) is 1.56. The highest BCUT2D eigenvalue weighted by Gasteiger charge is 2.28. The molecule has 1 aliphatic rings. The van der Waals surface area contributed by atoms with Crippen LogP contribution in [-0.4, -0.2) is 60.7 Å². The lowest BCUT2D eigenvalue weighted by Crippen LogP contribution is -2.47. The van der Waals surface area contributed by atoms with Crippen LogP contribution >= 0.6 is 0 Å². The van der Waals surface area contributed by atoms with Gasteiger partial charge in [0.25, 0.3) is 5.91 Å². The van der Waals surface area contributed by atoms with E-state index >= 15 is 0 Å². The number of nitrogens with zero attached hydrogens (tertiary/aromatic N) is 4. The highest BCUT2D eigenvalue weighted by molar-refractivity contribution is 7.89. The molecule has 0 unspecified atom stereocenters. The van der Waals surface area contributed by atoms with Gasteiger partial charge < -0.3 is 9.80 Å². The fourth-order valence-electron chi connectivity index (χ4n) is 3.55. The first-order valence-corrected chi connectivity index (χ1v) is 12.0. The number of hydrogen-bond acceptors (Lipinski definition) is 5. The topological polar surface area (TPSA) is 84.7 Å². The third-order valence-electron chi connectivity index (χ3n) is 5.40. The van der Waals surface area contributed by atoms with Crippen molar-refractivity contribution in [3.63, 3.8) is 0 Å². The Labute approximate surface area is 190 Å². The molecule has 2 aromatic rings. The summed E-state index contributed by atoms with van der Waals surface area (Å²) in [5, 5.41) is 9.66. The van der Waals surface area contributed by atoms with Gasteiger partial charge in [-0.05, 0) is 31.5 Å². The highest BCUT2D eigenvalue weighted by atomic mass is 32.2. The molecule has 2 aromatic carbocycles. The van der Waals surface area contributed by atoms with Crippen LogP contribution in [0.2, 0.25) is 0 Å². The van der Waals surface area contributed by atoms with Crippen LogP contribution in [0.5, 0.6) is 0 Å². The molecule has 8 heteroatoms. The van der Waals surface area contributed by atoms with Crippen LogP contribution in [-0.2, 0) is 21.4 Å². The summed E-state index contributed by atoms with van der Waals surface area (Å²) in [5.41, 5.74) is 1.04. The second-order valence-electron chi connectivity index (χ2n) is 7.92. The summed E-state index contributed by atoms with van der Waals surface area (Å²) < 4.78 is 27.0. The van der Waals surface area contributed by atoms with Crippen molar-refractivity contribution >= 4 is 15.9 Å². The first kappa shape index (κ1) is 23.5. The van der Waals surface area contributed by atoms with Crippen molar-refractivity contribution in [2.45, 2.75) is 31.3 Å². The molecule has 0 radical (unpaired) electrons. The Balaban J connectivity index is 1.69. The zero-order valence-corrected chi connectivity index (χ0v) is 19.2. The van der Waals surface area contributed by atoms with E-state index in [0.717, 1.165) is 5.56 Å². The molecule has 1 saturated heterocycles. The second kappa shape index (κ2) is 10.4. The van der Waals surface area contributed by atoms with Crippen LogP contribution < -0.4 is 0 Å². The van der Waals surface area contributed by atoms with Crippen molar-refractivity contribution in [2.24, 2.45) is 0 Å². The molecule has 1 heterocycles. The standard InChI is InChI=1S/C24H28N4O3S/c1-20(2)28(18-21-9-5-3-6-10-21)24(29)22(17-25)19-26-13-15-27(16-14-26)32(30,31)23-11-7-4-8-12-23/h3-12,19-20H,13-16,18H2,1-2H3/b22-19-. The van der Waals surface area contributed by atoms with E-state index in [9.17, 15) is 18.5 Å². The lowest BCUT2D eigenvalue weighted by Gasteiger charge is -2.34. The maximum absolute atomic E-state index is 13.1. The smallest absolute Gasteiger partial charge is 0.266 e. The number of benzene rings is 2. The number of nitriles is 1. The maximum atomic E-state index is 13.1. The average Bonchev–Trinajstić information content (AvgIpc) is 2.82. The summed E-state index contributed by atoms with van der Waals surface area (Å²) in [4.78, 5) is 16.9. The molecule has 1 aliphatic heterocycles. The zero-order valence-electron chi connectivity index (χ0n) is 18.4. The summed E-state index contributed by atoms with van der Waals surface area (Å²) >= 11 is 0. The molecule has 0 N–H and O–H groups in total. The van der Waals surface area contributed by atoms with E-state index in [-0.39, 0.29) is 22.4 Å². The van der Waals surface area contributed by atoms with E-state index in [1.807, 2.05) is 55.1 Å². The number of sulfonamides is 1. The van der Waals surface area contributed by atoms with Gasteiger partial charge >= 0.3 is 0 Å². The van der Waals surface area contributed by atoms with Gasteiger partial charge in [-0.1, -0.05) is 48.5 Å². The average molecular weight is 453 g/mol. The van der Waals surface area contributed by atoms with Gasteiger partial charge in [0.05, 0.1) is 4.90 Å². The van der Waals surface area contributed by atoms with Gasteiger partial charge in [0.15, 0.2) is 0 Å². The Morgan fingerprint density at radius 3 is 2.12 bits per heavy atom. The number of amides is 1. The van der Waals surface area contributed by atoms with Crippen molar-refractivity contribution in [3.05, 3.63) is 78.0 Å². The van der Waals surface area contributed by atoms with Gasteiger partial charge in [-0.15, -0.1) is 0 Å². The van der Waals surface area contributed by atoms with E-state index in [1.54, 1.807) is 41.4 Å². The van der Waals surface area contributed by atoms with E-state index in [0.29, 0.717) is 32.7 Å². The maximum Gasteiger partial charge on any atom is 0.266 e. The Hall–Kier alpha value is -3.15. The third kappa shape index (κ3) is 5.55. The van der Waals surface area contributed by atoms with Crippen molar-refractivity contribution in [2.75, 3.05) is 26.2 Å². The van der Waals surface area contributed by atoms with Crippen molar-refractivity contribution in [1.82, 2.24) is 14.1 Å². The highest BCUT2D eigenvalue weighted by Crippen LogP contribution is 2.18. The largest absolute Gasteiger partial charge is 0.373 e. The Kier molecular flexibility index (Phi) is 7.67. The molecule has 1 fully saturated rings. The number of carbonyl (C=O) groups is 1. The van der Waals surface area contributed by atoms with Gasteiger partial charge in [-0.3, -0.25) is 4.79 Å². The molecule has 0 aromatic heterocycles. The normalized spacial score (nSPS) is 15.4. The SMILES string of the molecule is CC(C)N(Cc1ccccc1)C(=O)/C(C#N)=C\N1CCN(S(=O)(=O)c2ccccc2)CC1. The number of carbonyl (C=O) groups excluding carboxylic acids is 1. The number of rotatable bonds is 7. The molecule has 168 valence electrons. The Bertz CT molecular complexity index is 1090. The molecular weight excluding hydrogens is 424 g/mol. The first-order valence-electron chi connectivity index (χ1n) is 10.6. The molecule has 7 nitrogen and oxygen atoms in total. The monoisotopic (exact) mass is 452 g/mol. The molecule has 0 aliphatic carbocycles. The molecule has 0 saturated carbocycles. The van der Waals surface area contributed by atoms with Crippen molar-refractivity contribution in [3.8, 4) is 6.07 Å². The van der Waals surface area contributed by atoms with Crippen LogP contribution in [0.4, 0.5) is 0 Å². The molecule has 1 amide bonds. The van der Waals surface area contributed by atoms with Gasteiger partial charge in [0.2, 0.25) is 10.0 Å². The Morgan fingerprint density at radius 1 is 1.03 bits per heavy atom. The number of hydrogen-bond donors (Lipinski definition) is 0. The van der Waals surface area contributed by atoms with Crippen LogP contribution in [0.1, 0.15) is 19.4 Å². The first-order chi connectivity index (χ1) is 15.3. The minimum atomic E-state index is -3.55. The summed E-state index contributed by atoms with van der Waals surface area (Å²) in [5.74, 6) is -0.328. The van der Waals surface area contributed by atoms with E-state index < -0.39 is 10.0 Å². The molecule has 0 bridgehead atoms. The third-order valence-corrected chi connectivity index (χ3v) is 7.31. The van der Waals surface area contributed by atoms with E-state index in [2.05, 4.69) is 0 Å². The predicted molar refractivity (Wildman–Crippen MR) is 123 cm³/mol. The van der Waals surface area contributed by atoms with Crippen molar-refractivity contribution < 1.29 is 13.2 Å². The minimum Gasteiger partial charge on any atom is -0.373 e. The van der Waals surface area contributed by atoms with E-state index in [1.165, 1.54) is 4.31 Å². The van der Waals surface area contributed by atoms with Gasteiger partial charge in [0, 0.05) is 45.0 Å². The fourth-order valence-corrected chi connectivity index (χ4v) is 5.00. The molecule has 32 heavy (non-hydrogen) atoms. The molecule has 0 atom stereocenters.